The molecule has 0 bridgehead atoms. The van der Waals surface area contributed by atoms with Crippen molar-refractivity contribution >= 4 is 21.8 Å². The molecule has 0 radical (unpaired) electrons. The normalized spacial score (nSPS) is 12.1. The van der Waals surface area contributed by atoms with Gasteiger partial charge in [0, 0.05) is 10.0 Å². The smallest absolute Gasteiger partial charge is 0.249 e. The lowest BCUT2D eigenvalue weighted by Crippen LogP contribution is -2.34. The molecule has 0 saturated heterocycles. The van der Waals surface area contributed by atoms with E-state index in [1.807, 2.05) is 68.4 Å². The molecule has 0 fully saturated rings. The van der Waals surface area contributed by atoms with Crippen molar-refractivity contribution in [2.24, 2.45) is 5.92 Å². The van der Waals surface area contributed by atoms with Gasteiger partial charge in [0.2, 0.25) is 17.6 Å². The number of amides is 1. The van der Waals surface area contributed by atoms with E-state index in [9.17, 15) is 4.79 Å². The Morgan fingerprint density at radius 1 is 1.14 bits per heavy atom. The summed E-state index contributed by atoms with van der Waals surface area (Å²) in [6, 6.07) is 17.0. The number of aromatic nitrogens is 2. The van der Waals surface area contributed by atoms with Crippen LogP contribution in [0.3, 0.4) is 0 Å². The molecule has 7 heteroatoms. The molecule has 1 heterocycles. The van der Waals surface area contributed by atoms with Crippen molar-refractivity contribution in [3.8, 4) is 11.4 Å². The van der Waals surface area contributed by atoms with Gasteiger partial charge in [0.1, 0.15) is 12.6 Å². The van der Waals surface area contributed by atoms with Crippen molar-refractivity contribution in [2.75, 3.05) is 6.61 Å². The number of hydrogen-bond donors (Lipinski definition) is 1. The zero-order valence-corrected chi connectivity index (χ0v) is 17.3. The molecule has 146 valence electrons. The molecule has 3 aromatic rings. The second-order valence-corrected chi connectivity index (χ2v) is 7.65. The van der Waals surface area contributed by atoms with Gasteiger partial charge >= 0.3 is 0 Å². The van der Waals surface area contributed by atoms with Crippen LogP contribution in [0.15, 0.2) is 63.6 Å². The van der Waals surface area contributed by atoms with Crippen molar-refractivity contribution in [2.45, 2.75) is 26.5 Å². The Bertz CT molecular complexity index is 895. The van der Waals surface area contributed by atoms with Crippen LogP contribution in [0.4, 0.5) is 0 Å². The highest BCUT2D eigenvalue weighted by Gasteiger charge is 2.25. The van der Waals surface area contributed by atoms with Gasteiger partial charge in [-0.1, -0.05) is 65.3 Å². The van der Waals surface area contributed by atoms with E-state index >= 15 is 0 Å². The topological polar surface area (TPSA) is 77.2 Å². The molecule has 1 amide bonds. The molecule has 0 saturated carbocycles. The summed E-state index contributed by atoms with van der Waals surface area (Å²) < 4.78 is 11.9. The van der Waals surface area contributed by atoms with Crippen molar-refractivity contribution in [3.63, 3.8) is 0 Å². The van der Waals surface area contributed by atoms with Crippen LogP contribution in [0.1, 0.15) is 31.3 Å². The van der Waals surface area contributed by atoms with Crippen LogP contribution >= 0.6 is 15.9 Å². The predicted octanol–water partition coefficient (Wildman–Crippen LogP) is 4.53. The van der Waals surface area contributed by atoms with Crippen LogP contribution in [0.2, 0.25) is 0 Å². The summed E-state index contributed by atoms with van der Waals surface area (Å²) in [7, 11) is 0. The molecule has 6 nitrogen and oxygen atoms in total. The molecule has 0 spiro atoms. The monoisotopic (exact) mass is 443 g/mol. The maximum absolute atomic E-state index is 12.3. The fourth-order valence-electron chi connectivity index (χ4n) is 2.64. The first-order valence-corrected chi connectivity index (χ1v) is 9.83. The lowest BCUT2D eigenvalue weighted by atomic mass is 10.0. The third-order valence-electron chi connectivity index (χ3n) is 4.14. The summed E-state index contributed by atoms with van der Waals surface area (Å²) in [5, 5.41) is 6.97. The number of carbonyl (C=O) groups is 1. The average Bonchev–Trinajstić information content (AvgIpc) is 3.17. The standard InChI is InChI=1S/C21H22BrN3O3/c1-14(2)19(23-18(26)13-27-12-15-6-4-3-5-7-15)21-24-20(25-28-21)16-8-10-17(22)11-9-16/h3-11,14,19H,12-13H2,1-2H3,(H,23,26)/t19-/m1/s1. The molecule has 3 rings (SSSR count). The highest BCUT2D eigenvalue weighted by molar-refractivity contribution is 9.10. The number of nitrogens with one attached hydrogen (secondary N) is 1. The van der Waals surface area contributed by atoms with E-state index in [0.29, 0.717) is 18.3 Å². The van der Waals surface area contributed by atoms with Gasteiger partial charge in [0.05, 0.1) is 6.61 Å². The quantitative estimate of drug-likeness (QED) is 0.553. The molecule has 0 aliphatic heterocycles. The summed E-state index contributed by atoms with van der Waals surface area (Å²) in [4.78, 5) is 16.8. The Kier molecular flexibility index (Phi) is 6.95. The molecule has 0 aliphatic carbocycles. The molecular weight excluding hydrogens is 422 g/mol. The summed E-state index contributed by atoms with van der Waals surface area (Å²) in [5.41, 5.74) is 1.87. The summed E-state index contributed by atoms with van der Waals surface area (Å²) in [6.45, 7) is 4.32. The minimum absolute atomic E-state index is 0.0359. The van der Waals surface area contributed by atoms with Gasteiger partial charge in [-0.15, -0.1) is 0 Å². The SMILES string of the molecule is CC(C)[C@@H](NC(=O)COCc1ccccc1)c1nc(-c2ccc(Br)cc2)no1. The number of halogens is 1. The van der Waals surface area contributed by atoms with E-state index in [0.717, 1.165) is 15.6 Å². The Morgan fingerprint density at radius 2 is 1.86 bits per heavy atom. The van der Waals surface area contributed by atoms with E-state index in [4.69, 9.17) is 9.26 Å². The molecule has 28 heavy (non-hydrogen) atoms. The van der Waals surface area contributed by atoms with Crippen molar-refractivity contribution < 1.29 is 14.1 Å². The number of rotatable bonds is 8. The van der Waals surface area contributed by atoms with E-state index in [1.165, 1.54) is 0 Å². The number of carbonyl (C=O) groups excluding carboxylic acids is 1. The third-order valence-corrected chi connectivity index (χ3v) is 4.67. The maximum atomic E-state index is 12.3. The van der Waals surface area contributed by atoms with Gasteiger partial charge in [-0.25, -0.2) is 0 Å². The summed E-state index contributed by atoms with van der Waals surface area (Å²) >= 11 is 3.40. The highest BCUT2D eigenvalue weighted by Crippen LogP contribution is 2.24. The lowest BCUT2D eigenvalue weighted by molar-refractivity contribution is -0.127. The highest BCUT2D eigenvalue weighted by atomic mass is 79.9. The molecule has 1 aromatic heterocycles. The van der Waals surface area contributed by atoms with Gasteiger partial charge in [-0.05, 0) is 35.7 Å². The second kappa shape index (κ2) is 9.61. The van der Waals surface area contributed by atoms with Gasteiger partial charge < -0.3 is 14.6 Å². The Labute approximate surface area is 172 Å². The van der Waals surface area contributed by atoms with E-state index in [-0.39, 0.29) is 24.5 Å². The predicted molar refractivity (Wildman–Crippen MR) is 109 cm³/mol. The van der Waals surface area contributed by atoms with E-state index in [2.05, 4.69) is 31.4 Å². The Hall–Kier alpha value is -2.51. The third kappa shape index (κ3) is 5.50. The lowest BCUT2D eigenvalue weighted by Gasteiger charge is -2.18. The summed E-state index contributed by atoms with van der Waals surface area (Å²) in [6.07, 6.45) is 0. The maximum Gasteiger partial charge on any atom is 0.249 e. The van der Waals surface area contributed by atoms with Crippen LogP contribution in [-0.4, -0.2) is 22.7 Å². The second-order valence-electron chi connectivity index (χ2n) is 6.73. The Morgan fingerprint density at radius 3 is 2.54 bits per heavy atom. The largest absolute Gasteiger partial charge is 0.367 e. The first-order chi connectivity index (χ1) is 13.5. The number of benzene rings is 2. The molecule has 0 aliphatic rings. The Balaban J connectivity index is 1.60. The number of nitrogens with zero attached hydrogens (tertiary/aromatic N) is 2. The van der Waals surface area contributed by atoms with Crippen LogP contribution < -0.4 is 5.32 Å². The minimum atomic E-state index is -0.385. The van der Waals surface area contributed by atoms with Crippen molar-refractivity contribution in [3.05, 3.63) is 70.5 Å². The first-order valence-electron chi connectivity index (χ1n) is 9.03. The van der Waals surface area contributed by atoms with Gasteiger partial charge in [0.25, 0.3) is 0 Å². The van der Waals surface area contributed by atoms with E-state index in [1.54, 1.807) is 0 Å². The molecule has 2 aromatic carbocycles. The zero-order valence-electron chi connectivity index (χ0n) is 15.8. The van der Waals surface area contributed by atoms with Crippen LogP contribution in [0, 0.1) is 5.92 Å². The molecule has 0 unspecified atom stereocenters. The fraction of sp³-hybridized carbons (Fsp3) is 0.286. The average molecular weight is 444 g/mol. The fourth-order valence-corrected chi connectivity index (χ4v) is 2.91. The summed E-state index contributed by atoms with van der Waals surface area (Å²) in [5.74, 6) is 0.723. The van der Waals surface area contributed by atoms with Crippen LogP contribution in [0.25, 0.3) is 11.4 Å². The zero-order chi connectivity index (χ0) is 19.9. The van der Waals surface area contributed by atoms with Gasteiger partial charge in [-0.3, -0.25) is 4.79 Å². The minimum Gasteiger partial charge on any atom is -0.367 e. The molecule has 1 atom stereocenters. The number of ether oxygens (including phenoxy) is 1. The van der Waals surface area contributed by atoms with Gasteiger partial charge in [0.15, 0.2) is 0 Å². The molecule has 1 N–H and O–H groups in total. The van der Waals surface area contributed by atoms with Crippen LogP contribution in [0.5, 0.6) is 0 Å². The molecular formula is C21H22BrN3O3. The first kappa shape index (κ1) is 20.2. The van der Waals surface area contributed by atoms with E-state index < -0.39 is 0 Å². The van der Waals surface area contributed by atoms with Gasteiger partial charge in [-0.2, -0.15) is 4.98 Å². The van der Waals surface area contributed by atoms with Crippen LogP contribution in [-0.2, 0) is 16.1 Å². The number of hydrogen-bond acceptors (Lipinski definition) is 5. The van der Waals surface area contributed by atoms with Crippen molar-refractivity contribution in [1.29, 1.82) is 0 Å². The van der Waals surface area contributed by atoms with Crippen molar-refractivity contribution in [1.82, 2.24) is 15.5 Å².